The fourth-order valence-electron chi connectivity index (χ4n) is 4.43. The molecular formula is C21H24F3N7O. The molecule has 5 rings (SSSR count). The molecule has 3 heterocycles. The van der Waals surface area contributed by atoms with Gasteiger partial charge in [0.05, 0.1) is 18.3 Å². The maximum Gasteiger partial charge on any atom is 0.224 e. The Hall–Kier alpha value is -2.92. The van der Waals surface area contributed by atoms with Gasteiger partial charge in [0.15, 0.2) is 17.3 Å². The molecule has 1 aromatic carbocycles. The molecule has 0 spiro atoms. The van der Waals surface area contributed by atoms with Gasteiger partial charge in [-0.2, -0.15) is 4.98 Å². The Morgan fingerprint density at radius 1 is 1.03 bits per heavy atom. The summed E-state index contributed by atoms with van der Waals surface area (Å²) in [5, 5.41) is 19.0. The summed E-state index contributed by atoms with van der Waals surface area (Å²) in [7, 11) is 0. The molecule has 3 aromatic rings. The molecule has 170 valence electrons. The van der Waals surface area contributed by atoms with E-state index in [-0.39, 0.29) is 24.1 Å². The summed E-state index contributed by atoms with van der Waals surface area (Å²) in [4.78, 5) is 13.5. The summed E-state index contributed by atoms with van der Waals surface area (Å²) < 4.78 is 43.7. The molecule has 1 saturated heterocycles. The number of benzene rings is 1. The monoisotopic (exact) mass is 447 g/mol. The van der Waals surface area contributed by atoms with Gasteiger partial charge in [0.25, 0.3) is 0 Å². The molecule has 0 radical (unpaired) electrons. The van der Waals surface area contributed by atoms with Crippen LogP contribution in [-0.4, -0.2) is 49.9 Å². The Labute approximate surface area is 182 Å². The summed E-state index contributed by atoms with van der Waals surface area (Å²) >= 11 is 0. The predicted molar refractivity (Wildman–Crippen MR) is 113 cm³/mol. The highest BCUT2D eigenvalue weighted by atomic mass is 19.1. The van der Waals surface area contributed by atoms with Crippen LogP contribution < -0.4 is 16.0 Å². The number of hydrogen-bond acceptors (Lipinski definition) is 7. The Balaban J connectivity index is 1.51. The normalized spacial score (nSPS) is 23.6. The van der Waals surface area contributed by atoms with E-state index < -0.39 is 23.1 Å². The second kappa shape index (κ2) is 8.55. The zero-order chi connectivity index (χ0) is 22.2. The van der Waals surface area contributed by atoms with Crippen molar-refractivity contribution in [3.63, 3.8) is 0 Å². The van der Waals surface area contributed by atoms with Crippen molar-refractivity contribution in [2.75, 3.05) is 23.7 Å². The molecule has 0 bridgehead atoms. The molecule has 2 fully saturated rings. The molecule has 1 aliphatic heterocycles. The average Bonchev–Trinajstić information content (AvgIpc) is 3.39. The molecule has 2 aromatic heterocycles. The van der Waals surface area contributed by atoms with E-state index in [2.05, 4.69) is 30.9 Å². The van der Waals surface area contributed by atoms with E-state index in [1.165, 1.54) is 0 Å². The summed E-state index contributed by atoms with van der Waals surface area (Å²) in [5.41, 5.74) is 0.547. The van der Waals surface area contributed by atoms with Crippen LogP contribution in [0.15, 0.2) is 18.3 Å². The third kappa shape index (κ3) is 4.09. The van der Waals surface area contributed by atoms with Crippen LogP contribution in [0.3, 0.4) is 0 Å². The SMILES string of the molecule is OC1CCC(Nc2ncc3nc(Nc4c(F)cc(F)cc4F)n(C4CCNC4)c3n2)CC1. The van der Waals surface area contributed by atoms with Crippen LogP contribution in [0, 0.1) is 17.5 Å². The quantitative estimate of drug-likeness (QED) is 0.477. The number of anilines is 3. The number of rotatable bonds is 5. The second-order valence-electron chi connectivity index (χ2n) is 8.37. The molecule has 2 aliphatic rings. The fraction of sp³-hybridized carbons (Fsp3) is 0.476. The number of aromatic nitrogens is 4. The summed E-state index contributed by atoms with van der Waals surface area (Å²) in [5.74, 6) is -2.42. The van der Waals surface area contributed by atoms with Gasteiger partial charge in [0, 0.05) is 24.7 Å². The number of fused-ring (bicyclic) bond motifs is 1. The minimum atomic E-state index is -1.04. The molecule has 1 atom stereocenters. The van der Waals surface area contributed by atoms with Crippen LogP contribution in [0.4, 0.5) is 30.8 Å². The zero-order valence-electron chi connectivity index (χ0n) is 17.3. The van der Waals surface area contributed by atoms with E-state index in [4.69, 9.17) is 0 Å². The Morgan fingerprint density at radius 3 is 2.47 bits per heavy atom. The van der Waals surface area contributed by atoms with Crippen LogP contribution in [0.2, 0.25) is 0 Å². The topological polar surface area (TPSA) is 99.9 Å². The minimum Gasteiger partial charge on any atom is -0.393 e. The van der Waals surface area contributed by atoms with Crippen molar-refractivity contribution in [3.05, 3.63) is 35.8 Å². The predicted octanol–water partition coefficient (Wildman–Crippen LogP) is 3.24. The number of aliphatic hydroxyl groups is 1. The van der Waals surface area contributed by atoms with Crippen LogP contribution in [0.1, 0.15) is 38.1 Å². The third-order valence-electron chi connectivity index (χ3n) is 6.11. The van der Waals surface area contributed by atoms with Crippen molar-refractivity contribution in [1.82, 2.24) is 24.8 Å². The highest BCUT2D eigenvalue weighted by Gasteiger charge is 2.26. The Bertz CT molecular complexity index is 1100. The van der Waals surface area contributed by atoms with Gasteiger partial charge in [-0.15, -0.1) is 0 Å². The summed E-state index contributed by atoms with van der Waals surface area (Å²) in [6.45, 7) is 1.45. The highest BCUT2D eigenvalue weighted by molar-refractivity contribution is 5.76. The van der Waals surface area contributed by atoms with E-state index in [9.17, 15) is 18.3 Å². The number of nitrogens with one attached hydrogen (secondary N) is 3. The molecule has 1 saturated carbocycles. The lowest BCUT2D eigenvalue weighted by molar-refractivity contribution is 0.126. The van der Waals surface area contributed by atoms with Crippen molar-refractivity contribution in [2.24, 2.45) is 0 Å². The third-order valence-corrected chi connectivity index (χ3v) is 6.11. The zero-order valence-corrected chi connectivity index (χ0v) is 17.3. The van der Waals surface area contributed by atoms with Gasteiger partial charge in [-0.05, 0) is 38.6 Å². The van der Waals surface area contributed by atoms with Crippen LogP contribution >= 0.6 is 0 Å². The van der Waals surface area contributed by atoms with Gasteiger partial charge in [0.1, 0.15) is 17.0 Å². The molecule has 4 N–H and O–H groups in total. The van der Waals surface area contributed by atoms with Gasteiger partial charge in [-0.1, -0.05) is 0 Å². The smallest absolute Gasteiger partial charge is 0.224 e. The van der Waals surface area contributed by atoms with E-state index >= 15 is 0 Å². The van der Waals surface area contributed by atoms with Crippen molar-refractivity contribution < 1.29 is 18.3 Å². The van der Waals surface area contributed by atoms with E-state index in [0.29, 0.717) is 35.8 Å². The first-order valence-corrected chi connectivity index (χ1v) is 10.8. The van der Waals surface area contributed by atoms with E-state index in [0.717, 1.165) is 38.6 Å². The first-order chi connectivity index (χ1) is 15.5. The lowest BCUT2D eigenvalue weighted by Gasteiger charge is -2.26. The molecule has 8 nitrogen and oxygen atoms in total. The number of nitrogens with zero attached hydrogens (tertiary/aromatic N) is 4. The van der Waals surface area contributed by atoms with Crippen LogP contribution in [0.5, 0.6) is 0 Å². The van der Waals surface area contributed by atoms with Crippen LogP contribution in [-0.2, 0) is 0 Å². The molecule has 32 heavy (non-hydrogen) atoms. The van der Waals surface area contributed by atoms with Crippen molar-refractivity contribution in [1.29, 1.82) is 0 Å². The molecule has 0 amide bonds. The minimum absolute atomic E-state index is 0.0263. The fourth-order valence-corrected chi connectivity index (χ4v) is 4.43. The second-order valence-corrected chi connectivity index (χ2v) is 8.37. The molecular weight excluding hydrogens is 423 g/mol. The summed E-state index contributed by atoms with van der Waals surface area (Å²) in [6.07, 6.45) is 5.22. The molecule has 1 unspecified atom stereocenters. The van der Waals surface area contributed by atoms with Crippen molar-refractivity contribution in [3.8, 4) is 0 Å². The Morgan fingerprint density at radius 2 is 1.78 bits per heavy atom. The maximum atomic E-state index is 14.3. The van der Waals surface area contributed by atoms with Gasteiger partial charge >= 0.3 is 0 Å². The van der Waals surface area contributed by atoms with Gasteiger partial charge in [-0.3, -0.25) is 4.57 Å². The van der Waals surface area contributed by atoms with Crippen molar-refractivity contribution in [2.45, 2.75) is 50.3 Å². The number of halogens is 3. The molecule has 11 heteroatoms. The Kier molecular flexibility index (Phi) is 5.60. The largest absolute Gasteiger partial charge is 0.393 e. The molecule has 1 aliphatic carbocycles. The van der Waals surface area contributed by atoms with Gasteiger partial charge in [0.2, 0.25) is 11.9 Å². The summed E-state index contributed by atoms with van der Waals surface area (Å²) in [6, 6.07) is 1.39. The maximum absolute atomic E-state index is 14.3. The van der Waals surface area contributed by atoms with E-state index in [1.807, 2.05) is 4.57 Å². The number of aliphatic hydroxyl groups excluding tert-OH is 1. The average molecular weight is 447 g/mol. The first kappa shape index (κ1) is 21.0. The number of hydrogen-bond donors (Lipinski definition) is 4. The lowest BCUT2D eigenvalue weighted by atomic mass is 9.93. The lowest BCUT2D eigenvalue weighted by Crippen LogP contribution is -2.29. The number of imidazole rings is 1. The highest BCUT2D eigenvalue weighted by Crippen LogP contribution is 2.31. The van der Waals surface area contributed by atoms with Gasteiger partial charge in [-0.25, -0.2) is 23.1 Å². The van der Waals surface area contributed by atoms with Gasteiger partial charge < -0.3 is 21.1 Å². The van der Waals surface area contributed by atoms with E-state index in [1.54, 1.807) is 6.20 Å². The van der Waals surface area contributed by atoms with Crippen LogP contribution in [0.25, 0.3) is 11.2 Å². The van der Waals surface area contributed by atoms with Crippen molar-refractivity contribution >= 4 is 28.7 Å². The first-order valence-electron chi connectivity index (χ1n) is 10.8. The standard InChI is InChI=1S/C21H24F3N7O/c22-11-7-15(23)18(16(24)8-11)29-21-28-17-10-26-20(27-12-1-3-14(32)4-2-12)30-19(17)31(21)13-5-6-25-9-13/h7-8,10,12-14,25,32H,1-6,9H2,(H,28,29)(H,26,27,30).